The van der Waals surface area contributed by atoms with Gasteiger partial charge in [0.05, 0.1) is 44.7 Å². The fourth-order valence-electron chi connectivity index (χ4n) is 8.07. The molecule has 25 heteroatoms. The molecule has 0 aromatic heterocycles. The van der Waals surface area contributed by atoms with Crippen LogP contribution in [0, 0.1) is 5.92 Å². The maximum Gasteiger partial charge on any atom is 0.337 e. The second-order valence-corrected chi connectivity index (χ2v) is 16.8. The number of benzene rings is 2. The van der Waals surface area contributed by atoms with E-state index in [-0.39, 0.29) is 35.5 Å². The predicted molar refractivity (Wildman–Crippen MR) is 233 cm³/mol. The van der Waals surface area contributed by atoms with Gasteiger partial charge in [-0.25, -0.2) is 9.59 Å². The number of carbonyl (C=O) groups excluding carboxylic acids is 3. The number of ether oxygens (including phenoxy) is 10. The number of allylic oxidation sites excluding steroid dienone is 1. The molecule has 2 aromatic carbocycles. The van der Waals surface area contributed by atoms with E-state index in [0.29, 0.717) is 5.56 Å². The smallest absolute Gasteiger partial charge is 0.337 e. The third kappa shape index (κ3) is 13.0. The number of rotatable bonds is 17. The summed E-state index contributed by atoms with van der Waals surface area (Å²) in [6.45, 7) is 1.02. The lowest BCUT2D eigenvalue weighted by Crippen LogP contribution is -2.65. The Morgan fingerprint density at radius 2 is 1.37 bits per heavy atom. The summed E-state index contributed by atoms with van der Waals surface area (Å²) in [5.74, 6) is -6.12. The lowest BCUT2D eigenvalue weighted by Gasteiger charge is -2.46. The molecule has 2 aromatic rings. The summed E-state index contributed by atoms with van der Waals surface area (Å²) in [5, 5.41) is 124. The van der Waals surface area contributed by atoms with Crippen molar-refractivity contribution in [1.82, 2.24) is 0 Å². The number of aliphatic hydroxyl groups excluding tert-OH is 8. The molecular weight excluding hydrogens is 952 g/mol. The second-order valence-electron chi connectivity index (χ2n) is 16.8. The van der Waals surface area contributed by atoms with Crippen LogP contribution in [0.4, 0.5) is 0 Å². The highest BCUT2D eigenvalue weighted by molar-refractivity contribution is 5.91. The first-order valence-electron chi connectivity index (χ1n) is 22.2. The predicted octanol–water partition coefficient (Wildman–Crippen LogP) is -2.28. The third-order valence-electron chi connectivity index (χ3n) is 12.1. The molecule has 0 unspecified atom stereocenters. The van der Waals surface area contributed by atoms with Crippen LogP contribution in [0.2, 0.25) is 0 Å². The maximum atomic E-state index is 14.0. The number of methoxy groups -OCH3 is 1. The number of aromatic hydroxyl groups is 4. The Morgan fingerprint density at radius 3 is 2.01 bits per heavy atom. The molecule has 25 nitrogen and oxygen atoms in total. The van der Waals surface area contributed by atoms with Gasteiger partial charge in [-0.2, -0.15) is 0 Å². The first kappa shape index (κ1) is 54.8. The van der Waals surface area contributed by atoms with Crippen LogP contribution in [0.3, 0.4) is 0 Å². The zero-order valence-corrected chi connectivity index (χ0v) is 38.3. The molecule has 4 aliphatic heterocycles. The summed E-state index contributed by atoms with van der Waals surface area (Å²) in [6, 6.07) is 7.63. The quantitative estimate of drug-likeness (QED) is 0.0261. The van der Waals surface area contributed by atoms with Gasteiger partial charge in [0, 0.05) is 17.6 Å². The van der Waals surface area contributed by atoms with E-state index in [1.165, 1.54) is 50.3 Å². The van der Waals surface area contributed by atoms with E-state index >= 15 is 0 Å². The van der Waals surface area contributed by atoms with E-state index in [9.17, 15) is 75.7 Å². The topological polar surface area (TPSA) is 386 Å². The van der Waals surface area contributed by atoms with Crippen LogP contribution in [-0.2, 0) is 68.2 Å². The van der Waals surface area contributed by atoms with E-state index in [4.69, 9.17) is 47.4 Å². The van der Waals surface area contributed by atoms with Gasteiger partial charge in [0.25, 0.3) is 0 Å². The number of phenols is 4. The van der Waals surface area contributed by atoms with Crippen LogP contribution in [-0.4, -0.2) is 205 Å². The van der Waals surface area contributed by atoms with E-state index in [2.05, 4.69) is 0 Å². The highest BCUT2D eigenvalue weighted by Gasteiger charge is 2.53. The minimum atomic E-state index is -1.95. The lowest BCUT2D eigenvalue weighted by molar-refractivity contribution is -0.357. The first-order valence-corrected chi connectivity index (χ1v) is 22.2. The molecule has 3 saturated heterocycles. The van der Waals surface area contributed by atoms with Crippen molar-refractivity contribution in [2.75, 3.05) is 26.9 Å². The van der Waals surface area contributed by atoms with Crippen molar-refractivity contribution in [2.45, 2.75) is 125 Å². The summed E-state index contributed by atoms with van der Waals surface area (Å²) >= 11 is 0. The second kappa shape index (κ2) is 24.3. The van der Waals surface area contributed by atoms with Gasteiger partial charge in [0.15, 0.2) is 48.0 Å². The molecule has 0 spiro atoms. The molecule has 0 saturated carbocycles. The number of carbonyl (C=O) groups is 3. The van der Waals surface area contributed by atoms with Crippen LogP contribution < -0.4 is 0 Å². The summed E-state index contributed by atoms with van der Waals surface area (Å²) in [5.41, 5.74) is 0.566. The minimum Gasteiger partial charge on any atom is -0.504 e. The normalized spacial score (nSPS) is 34.8. The van der Waals surface area contributed by atoms with E-state index in [1.54, 1.807) is 0 Å². The standard InChI is InChI=1S/C46H58O25/c1-4-22-23(24(42(61)62-3)17-65-43(22)71-46-38(59)36(57)34(55)29(16-47)67-46)15-32(53)64-18-30-40(69-31(52)10-7-20-5-8-25(48)27(50)13-20)41(70-45-37(58)35(56)33(54)19(2)66-45)39(60)44(68-30)63-12-11-21-6-9-26(49)28(51)14-21/h4-10,13-14,17,19,23,29-30,33-41,43-51,54-60H,11-12,15-16,18H2,1-3H3/t19-,23+,29-,30-,33-,34-,35+,36+,37-,38-,39-,40+,41-,43-,44-,45+,46+/m0/s1. The van der Waals surface area contributed by atoms with E-state index < -0.39 is 159 Å². The molecular formula is C46H58O25. The first-order chi connectivity index (χ1) is 33.8. The molecule has 4 aliphatic rings. The van der Waals surface area contributed by atoms with Crippen LogP contribution in [0.1, 0.15) is 31.4 Å². The molecule has 0 radical (unpaired) electrons. The highest BCUT2D eigenvalue weighted by atomic mass is 16.8. The highest BCUT2D eigenvalue weighted by Crippen LogP contribution is 2.38. The van der Waals surface area contributed by atoms with Gasteiger partial charge in [-0.3, -0.25) is 4.79 Å². The van der Waals surface area contributed by atoms with Crippen molar-refractivity contribution >= 4 is 24.0 Å². The van der Waals surface area contributed by atoms with Crippen molar-refractivity contribution < 1.29 is 123 Å². The molecule has 12 N–H and O–H groups in total. The molecule has 71 heavy (non-hydrogen) atoms. The van der Waals surface area contributed by atoms with Crippen molar-refractivity contribution in [2.24, 2.45) is 5.92 Å². The van der Waals surface area contributed by atoms with Gasteiger partial charge >= 0.3 is 17.9 Å². The fourth-order valence-corrected chi connectivity index (χ4v) is 8.07. The Kier molecular flexibility index (Phi) is 18.8. The number of phenolic OH excluding ortho intramolecular Hbond substituents is 4. The van der Waals surface area contributed by atoms with Gasteiger partial charge in [-0.1, -0.05) is 18.2 Å². The summed E-state index contributed by atoms with van der Waals surface area (Å²) in [7, 11) is 1.07. The Morgan fingerprint density at radius 1 is 0.718 bits per heavy atom. The average Bonchev–Trinajstić information content (AvgIpc) is 3.35. The molecule has 0 amide bonds. The summed E-state index contributed by atoms with van der Waals surface area (Å²) < 4.78 is 57.0. The SMILES string of the molecule is CC=C1[C@H](O[C@H]2O[C@@H](CO)[C@H](O)[C@@H](O)[C@@H]2O)OC=C(C(=O)OC)[C@@H]1CC(=O)OC[C@@H]1O[C@H](OCCc2ccc(O)c(O)c2)[C@@H](O)[C@H](O[C@H]2O[C@@H](C)[C@H](O)[C@@H](O)[C@@H]2O)[C@@H]1OC(=O)C=Cc1ccc(O)c(O)c1. The Bertz CT molecular complexity index is 2250. The molecule has 0 aliphatic carbocycles. The molecule has 6 rings (SSSR count). The van der Waals surface area contributed by atoms with E-state index in [1.807, 2.05) is 0 Å². The van der Waals surface area contributed by atoms with Crippen molar-refractivity contribution in [1.29, 1.82) is 0 Å². The zero-order chi connectivity index (χ0) is 51.8. The third-order valence-corrected chi connectivity index (χ3v) is 12.1. The fraction of sp³-hybridized carbons (Fsp3) is 0.543. The zero-order valence-electron chi connectivity index (χ0n) is 38.3. The average molecular weight is 1010 g/mol. The Balaban J connectivity index is 1.28. The summed E-state index contributed by atoms with van der Waals surface area (Å²) in [6.07, 6.45) is -23.3. The Labute approximate surface area is 404 Å². The van der Waals surface area contributed by atoms with Crippen molar-refractivity contribution in [3.63, 3.8) is 0 Å². The number of esters is 3. The number of aliphatic hydroxyl groups is 8. The van der Waals surface area contributed by atoms with Gasteiger partial charge < -0.3 is 109 Å². The minimum absolute atomic E-state index is 0.0587. The largest absolute Gasteiger partial charge is 0.504 e. The van der Waals surface area contributed by atoms with Crippen LogP contribution in [0.25, 0.3) is 6.08 Å². The molecule has 0 bridgehead atoms. The molecule has 17 atom stereocenters. The Hall–Kier alpha value is -5.49. The van der Waals surface area contributed by atoms with Crippen LogP contribution in [0.5, 0.6) is 23.0 Å². The number of hydrogen-bond donors (Lipinski definition) is 12. The maximum absolute atomic E-state index is 14.0. The van der Waals surface area contributed by atoms with Gasteiger partial charge in [-0.05, 0) is 61.7 Å². The van der Waals surface area contributed by atoms with Gasteiger partial charge in [0.2, 0.25) is 6.29 Å². The number of hydrogen-bond acceptors (Lipinski definition) is 25. The monoisotopic (exact) mass is 1010 g/mol. The van der Waals surface area contributed by atoms with Crippen LogP contribution in [0.15, 0.2) is 66.0 Å². The van der Waals surface area contributed by atoms with Gasteiger partial charge in [-0.15, -0.1) is 0 Å². The summed E-state index contributed by atoms with van der Waals surface area (Å²) in [4.78, 5) is 40.6. The lowest BCUT2D eigenvalue weighted by atomic mass is 9.86. The van der Waals surface area contributed by atoms with E-state index in [0.717, 1.165) is 31.6 Å². The van der Waals surface area contributed by atoms with Crippen molar-refractivity contribution in [3.8, 4) is 23.0 Å². The molecule has 4 heterocycles. The van der Waals surface area contributed by atoms with Crippen molar-refractivity contribution in [3.05, 3.63) is 77.1 Å². The molecule has 392 valence electrons. The van der Waals surface area contributed by atoms with Crippen LogP contribution >= 0.6 is 0 Å². The molecule has 3 fully saturated rings. The van der Waals surface area contributed by atoms with Gasteiger partial charge in [0.1, 0.15) is 67.6 Å².